The summed E-state index contributed by atoms with van der Waals surface area (Å²) in [5, 5.41) is 3.21. The van der Waals surface area contributed by atoms with E-state index >= 15 is 0 Å². The molecule has 3 N–H and O–H groups in total. The van der Waals surface area contributed by atoms with Gasteiger partial charge in [-0.1, -0.05) is 6.07 Å². The van der Waals surface area contributed by atoms with Crippen molar-refractivity contribution in [2.24, 2.45) is 11.1 Å². The Morgan fingerprint density at radius 1 is 1.50 bits per heavy atom. The Morgan fingerprint density at radius 2 is 2.25 bits per heavy atom. The first-order chi connectivity index (χ1) is 7.52. The second-order valence-electron chi connectivity index (χ2n) is 4.50. The molecule has 0 bridgehead atoms. The third-order valence-corrected chi connectivity index (χ3v) is 2.52. The van der Waals surface area contributed by atoms with Gasteiger partial charge in [0.1, 0.15) is 0 Å². The lowest BCUT2D eigenvalue weighted by Gasteiger charge is -2.20. The van der Waals surface area contributed by atoms with Crippen LogP contribution in [0.25, 0.3) is 0 Å². The van der Waals surface area contributed by atoms with E-state index < -0.39 is 5.41 Å². The minimum absolute atomic E-state index is 0.280. The van der Waals surface area contributed by atoms with Crippen LogP contribution < -0.4 is 11.1 Å². The molecule has 0 saturated heterocycles. The average molecular weight is 221 g/mol. The summed E-state index contributed by atoms with van der Waals surface area (Å²) in [4.78, 5) is 15.3. The Balaban J connectivity index is 2.25. The predicted molar refractivity (Wildman–Crippen MR) is 63.8 cm³/mol. The van der Waals surface area contributed by atoms with Crippen molar-refractivity contribution >= 4 is 5.91 Å². The van der Waals surface area contributed by atoms with Crippen molar-refractivity contribution in [2.75, 3.05) is 13.1 Å². The van der Waals surface area contributed by atoms with Crippen molar-refractivity contribution < 1.29 is 4.79 Å². The van der Waals surface area contributed by atoms with Crippen LogP contribution >= 0.6 is 0 Å². The Kier molecular flexibility index (Phi) is 4.43. The lowest BCUT2D eigenvalue weighted by Crippen LogP contribution is -2.40. The van der Waals surface area contributed by atoms with Gasteiger partial charge < -0.3 is 11.1 Å². The van der Waals surface area contributed by atoms with Crippen LogP contribution in [0.15, 0.2) is 24.4 Å². The number of nitrogens with zero attached hydrogens (tertiary/aromatic N) is 1. The molecule has 0 atom stereocenters. The molecule has 1 amide bonds. The zero-order chi connectivity index (χ0) is 12.0. The van der Waals surface area contributed by atoms with E-state index in [1.807, 2.05) is 32.0 Å². The van der Waals surface area contributed by atoms with Crippen LogP contribution in [-0.2, 0) is 11.2 Å². The van der Waals surface area contributed by atoms with E-state index in [1.54, 1.807) is 6.20 Å². The van der Waals surface area contributed by atoms with Gasteiger partial charge in [0.25, 0.3) is 0 Å². The maximum atomic E-state index is 11.1. The Bertz CT molecular complexity index is 335. The molecule has 0 unspecified atom stereocenters. The van der Waals surface area contributed by atoms with Crippen molar-refractivity contribution in [3.05, 3.63) is 30.1 Å². The van der Waals surface area contributed by atoms with Crippen LogP contribution in [-0.4, -0.2) is 24.0 Å². The number of nitrogens with two attached hydrogens (primary N) is 1. The van der Waals surface area contributed by atoms with E-state index in [2.05, 4.69) is 10.3 Å². The third kappa shape index (κ3) is 3.98. The van der Waals surface area contributed by atoms with Gasteiger partial charge in [-0.2, -0.15) is 0 Å². The van der Waals surface area contributed by atoms with Gasteiger partial charge in [-0.05, 0) is 26.0 Å². The van der Waals surface area contributed by atoms with Crippen LogP contribution in [0.4, 0.5) is 0 Å². The molecule has 4 heteroatoms. The first-order valence-corrected chi connectivity index (χ1v) is 5.43. The van der Waals surface area contributed by atoms with Gasteiger partial charge in [0.2, 0.25) is 5.91 Å². The van der Waals surface area contributed by atoms with E-state index in [-0.39, 0.29) is 5.91 Å². The van der Waals surface area contributed by atoms with E-state index in [0.29, 0.717) is 6.54 Å². The molecular weight excluding hydrogens is 202 g/mol. The molecule has 0 fully saturated rings. The average Bonchev–Trinajstić information content (AvgIpc) is 2.26. The molecule has 1 aromatic rings. The quantitative estimate of drug-likeness (QED) is 0.696. The number of carbonyl (C=O) groups is 1. The second-order valence-corrected chi connectivity index (χ2v) is 4.50. The van der Waals surface area contributed by atoms with Gasteiger partial charge in [0.15, 0.2) is 0 Å². The minimum Gasteiger partial charge on any atom is -0.369 e. The fourth-order valence-electron chi connectivity index (χ4n) is 1.25. The summed E-state index contributed by atoms with van der Waals surface area (Å²) in [6, 6.07) is 5.85. The molecule has 1 heterocycles. The topological polar surface area (TPSA) is 68.0 Å². The van der Waals surface area contributed by atoms with Crippen molar-refractivity contribution in [3.63, 3.8) is 0 Å². The molecule has 0 spiro atoms. The van der Waals surface area contributed by atoms with Crippen LogP contribution in [0.1, 0.15) is 19.5 Å². The molecule has 0 aliphatic rings. The Morgan fingerprint density at radius 3 is 2.81 bits per heavy atom. The van der Waals surface area contributed by atoms with Crippen molar-refractivity contribution in [2.45, 2.75) is 20.3 Å². The van der Waals surface area contributed by atoms with Crippen LogP contribution in [0, 0.1) is 5.41 Å². The van der Waals surface area contributed by atoms with Gasteiger partial charge >= 0.3 is 0 Å². The number of hydrogen-bond donors (Lipinski definition) is 2. The van der Waals surface area contributed by atoms with Crippen molar-refractivity contribution in [1.29, 1.82) is 0 Å². The highest BCUT2D eigenvalue weighted by Crippen LogP contribution is 2.11. The number of nitrogens with one attached hydrogen (secondary N) is 1. The molecule has 1 rings (SSSR count). The van der Waals surface area contributed by atoms with Gasteiger partial charge in [0, 0.05) is 31.4 Å². The summed E-state index contributed by atoms with van der Waals surface area (Å²) < 4.78 is 0. The highest BCUT2D eigenvalue weighted by atomic mass is 16.1. The van der Waals surface area contributed by atoms with E-state index in [4.69, 9.17) is 5.73 Å². The number of aromatic nitrogens is 1. The molecule has 4 nitrogen and oxygen atoms in total. The van der Waals surface area contributed by atoms with Gasteiger partial charge in [-0.3, -0.25) is 9.78 Å². The second kappa shape index (κ2) is 5.61. The van der Waals surface area contributed by atoms with Crippen molar-refractivity contribution in [3.8, 4) is 0 Å². The molecule has 0 radical (unpaired) electrons. The number of rotatable bonds is 6. The summed E-state index contributed by atoms with van der Waals surface area (Å²) >= 11 is 0. The highest BCUT2D eigenvalue weighted by molar-refractivity contribution is 5.80. The molecule has 16 heavy (non-hydrogen) atoms. The number of primary amides is 1. The number of carbonyl (C=O) groups excluding carboxylic acids is 1. The maximum Gasteiger partial charge on any atom is 0.224 e. The summed E-state index contributed by atoms with van der Waals surface area (Å²) in [6.07, 6.45) is 2.64. The predicted octanol–water partition coefficient (Wildman–Crippen LogP) is 0.725. The summed E-state index contributed by atoms with van der Waals surface area (Å²) in [5.41, 5.74) is 5.82. The smallest absolute Gasteiger partial charge is 0.224 e. The fourth-order valence-corrected chi connectivity index (χ4v) is 1.25. The molecule has 0 saturated carbocycles. The molecule has 0 aromatic carbocycles. The summed E-state index contributed by atoms with van der Waals surface area (Å²) in [5.74, 6) is -0.280. The maximum absolute atomic E-state index is 11.1. The number of amides is 1. The standard InChI is InChI=1S/C12H19N3O/c1-12(2,11(13)16)9-14-8-6-10-5-3-4-7-15-10/h3-5,7,14H,6,8-9H2,1-2H3,(H2,13,16). The van der Waals surface area contributed by atoms with E-state index in [0.717, 1.165) is 18.7 Å². The SMILES string of the molecule is CC(C)(CNCCc1ccccn1)C(N)=O. The van der Waals surface area contributed by atoms with Gasteiger partial charge in [0.05, 0.1) is 5.41 Å². The molecular formula is C12H19N3O. The largest absolute Gasteiger partial charge is 0.369 e. The highest BCUT2D eigenvalue weighted by Gasteiger charge is 2.23. The minimum atomic E-state index is -0.496. The van der Waals surface area contributed by atoms with Crippen LogP contribution in [0.2, 0.25) is 0 Å². The molecule has 88 valence electrons. The Hall–Kier alpha value is -1.42. The third-order valence-electron chi connectivity index (χ3n) is 2.52. The summed E-state index contributed by atoms with van der Waals surface area (Å²) in [6.45, 7) is 5.06. The van der Waals surface area contributed by atoms with Gasteiger partial charge in [-0.25, -0.2) is 0 Å². The summed E-state index contributed by atoms with van der Waals surface area (Å²) in [7, 11) is 0. The van der Waals surface area contributed by atoms with Crippen LogP contribution in [0.3, 0.4) is 0 Å². The molecule has 0 aliphatic carbocycles. The van der Waals surface area contributed by atoms with E-state index in [9.17, 15) is 4.79 Å². The van der Waals surface area contributed by atoms with Crippen LogP contribution in [0.5, 0.6) is 0 Å². The fraction of sp³-hybridized carbons (Fsp3) is 0.500. The normalized spacial score (nSPS) is 11.4. The monoisotopic (exact) mass is 221 g/mol. The molecule has 1 aromatic heterocycles. The zero-order valence-corrected chi connectivity index (χ0v) is 9.86. The molecule has 0 aliphatic heterocycles. The van der Waals surface area contributed by atoms with E-state index in [1.165, 1.54) is 0 Å². The lowest BCUT2D eigenvalue weighted by molar-refractivity contribution is -0.125. The lowest BCUT2D eigenvalue weighted by atomic mass is 9.93. The number of pyridine rings is 1. The van der Waals surface area contributed by atoms with Gasteiger partial charge in [-0.15, -0.1) is 0 Å². The van der Waals surface area contributed by atoms with Crippen molar-refractivity contribution in [1.82, 2.24) is 10.3 Å². The number of hydrogen-bond acceptors (Lipinski definition) is 3. The first-order valence-electron chi connectivity index (χ1n) is 5.43. The Labute approximate surface area is 96.3 Å². The zero-order valence-electron chi connectivity index (χ0n) is 9.86. The first kappa shape index (κ1) is 12.6.